The van der Waals surface area contributed by atoms with Gasteiger partial charge in [-0.1, -0.05) is 60.3 Å². The lowest BCUT2D eigenvalue weighted by molar-refractivity contribution is -0.431. The summed E-state index contributed by atoms with van der Waals surface area (Å²) < 4.78 is 6.38. The van der Waals surface area contributed by atoms with E-state index in [-0.39, 0.29) is 5.56 Å². The van der Waals surface area contributed by atoms with Gasteiger partial charge < -0.3 is 4.90 Å². The topological polar surface area (TPSA) is 33.2 Å². The van der Waals surface area contributed by atoms with Crippen molar-refractivity contribution in [3.8, 4) is 5.69 Å². The second-order valence-corrected chi connectivity index (χ2v) is 10.7. The first-order valence-corrected chi connectivity index (χ1v) is 14.5. The van der Waals surface area contributed by atoms with Gasteiger partial charge in [-0.2, -0.15) is 4.58 Å². The average Bonchev–Trinajstić information content (AvgIpc) is 3.60. The van der Waals surface area contributed by atoms with Gasteiger partial charge in [0.2, 0.25) is 5.69 Å². The maximum Gasteiger partial charge on any atom is 0.276 e. The lowest BCUT2D eigenvalue weighted by Crippen LogP contribution is -2.31. The zero-order valence-corrected chi connectivity index (χ0v) is 23.5. The van der Waals surface area contributed by atoms with Gasteiger partial charge in [0, 0.05) is 41.4 Å². The Hall–Kier alpha value is -4.03. The van der Waals surface area contributed by atoms with Gasteiger partial charge in [-0.05, 0) is 57.2 Å². The predicted molar refractivity (Wildman–Crippen MR) is 163 cm³/mol. The summed E-state index contributed by atoms with van der Waals surface area (Å²) in [5, 5.41) is 1.79. The van der Waals surface area contributed by atoms with Gasteiger partial charge in [-0.25, -0.2) is 0 Å². The molecule has 0 spiro atoms. The van der Waals surface area contributed by atoms with E-state index in [0.29, 0.717) is 11.9 Å². The Morgan fingerprint density at radius 1 is 0.872 bits per heavy atom. The molecule has 0 N–H and O–H groups in total. The Morgan fingerprint density at radius 2 is 1.62 bits per heavy atom. The quantitative estimate of drug-likeness (QED) is 0.325. The molecule has 5 nitrogen and oxygen atoms in total. The van der Waals surface area contributed by atoms with Crippen molar-refractivity contribution in [3.05, 3.63) is 117 Å². The summed E-state index contributed by atoms with van der Waals surface area (Å²) in [6.45, 7) is 8.73. The molecule has 0 fully saturated rings. The molecule has 0 saturated heterocycles. The monoisotopic (exact) mass is 533 g/mol. The van der Waals surface area contributed by atoms with Crippen LogP contribution in [0.25, 0.3) is 17.8 Å². The number of rotatable bonds is 6. The summed E-state index contributed by atoms with van der Waals surface area (Å²) in [6.07, 6.45) is 7.17. The van der Waals surface area contributed by atoms with Crippen LogP contribution in [0.15, 0.2) is 99.7 Å². The van der Waals surface area contributed by atoms with Crippen LogP contribution in [0.3, 0.4) is 0 Å². The minimum Gasteiger partial charge on any atom is -0.335 e. The van der Waals surface area contributed by atoms with E-state index in [9.17, 15) is 4.79 Å². The average molecular weight is 534 g/mol. The molecule has 2 aliphatic heterocycles. The van der Waals surface area contributed by atoms with Gasteiger partial charge in [0.05, 0.1) is 17.1 Å². The van der Waals surface area contributed by atoms with Gasteiger partial charge in [-0.3, -0.25) is 13.9 Å². The molecule has 0 bridgehead atoms. The molecule has 196 valence electrons. The predicted octanol–water partition coefficient (Wildman–Crippen LogP) is 5.05. The molecule has 0 radical (unpaired) electrons. The van der Waals surface area contributed by atoms with Crippen molar-refractivity contribution in [2.24, 2.45) is 0 Å². The smallest absolute Gasteiger partial charge is 0.276 e. The van der Waals surface area contributed by atoms with Crippen molar-refractivity contribution in [1.29, 1.82) is 0 Å². The summed E-state index contributed by atoms with van der Waals surface area (Å²) in [7, 11) is 0. The Bertz CT molecular complexity index is 1790. The van der Waals surface area contributed by atoms with Crippen molar-refractivity contribution in [1.82, 2.24) is 9.13 Å². The van der Waals surface area contributed by atoms with Crippen LogP contribution in [-0.4, -0.2) is 32.5 Å². The zero-order chi connectivity index (χ0) is 26.9. The number of anilines is 1. The number of thioether (sulfide) groups is 1. The van der Waals surface area contributed by atoms with Crippen LogP contribution in [0.2, 0.25) is 0 Å². The Morgan fingerprint density at radius 3 is 2.38 bits per heavy atom. The van der Waals surface area contributed by atoms with Crippen LogP contribution in [0.1, 0.15) is 26.3 Å². The summed E-state index contributed by atoms with van der Waals surface area (Å²) in [5.41, 5.74) is 6.90. The Kier molecular flexibility index (Phi) is 6.88. The fraction of sp³-hybridized carbons (Fsp3) is 0.212. The third-order valence-electron chi connectivity index (χ3n) is 7.49. The molecule has 6 rings (SSSR count). The number of para-hydroxylation sites is 3. The highest BCUT2D eigenvalue weighted by Crippen LogP contribution is 2.45. The molecular weight excluding hydrogens is 500 g/mol. The Balaban J connectivity index is 1.59. The first kappa shape index (κ1) is 25.3. The van der Waals surface area contributed by atoms with Crippen molar-refractivity contribution in [3.63, 3.8) is 0 Å². The molecule has 0 amide bonds. The summed E-state index contributed by atoms with van der Waals surface area (Å²) >= 11 is 1.75. The highest BCUT2D eigenvalue weighted by molar-refractivity contribution is 8.03. The van der Waals surface area contributed by atoms with Gasteiger partial charge in [-0.15, -0.1) is 0 Å². The molecule has 39 heavy (non-hydrogen) atoms. The molecule has 3 heterocycles. The number of benzene rings is 3. The van der Waals surface area contributed by atoms with E-state index in [0.717, 1.165) is 35.7 Å². The first-order chi connectivity index (χ1) is 19.1. The number of aromatic nitrogens is 2. The Labute approximate surface area is 233 Å². The summed E-state index contributed by atoms with van der Waals surface area (Å²) in [5.74, 6) is 0. The SMILES string of the molecule is CCN1C(=CC=c2c(=O)n(CC)c(=CC3=[N+](CC)c4ccccc4C3)n2-c2ccccc2)Sc2ccccc21. The third-order valence-corrected chi connectivity index (χ3v) is 8.62. The van der Waals surface area contributed by atoms with Crippen molar-refractivity contribution in [2.45, 2.75) is 38.6 Å². The van der Waals surface area contributed by atoms with Gasteiger partial charge in [0.25, 0.3) is 5.56 Å². The van der Waals surface area contributed by atoms with E-state index in [1.165, 1.54) is 27.5 Å². The molecular formula is C33H33N4OS+. The molecule has 0 unspecified atom stereocenters. The van der Waals surface area contributed by atoms with Gasteiger partial charge >= 0.3 is 0 Å². The lowest BCUT2D eigenvalue weighted by Gasteiger charge is -2.17. The largest absolute Gasteiger partial charge is 0.335 e. The number of allylic oxidation sites excluding steroid dienone is 1. The van der Waals surface area contributed by atoms with Gasteiger partial charge in [0.15, 0.2) is 5.71 Å². The van der Waals surface area contributed by atoms with Crippen LogP contribution in [0.5, 0.6) is 0 Å². The van der Waals surface area contributed by atoms with Crippen LogP contribution < -0.4 is 21.3 Å². The minimum atomic E-state index is 0.0205. The highest BCUT2D eigenvalue weighted by Gasteiger charge is 2.27. The molecule has 0 atom stereocenters. The van der Waals surface area contributed by atoms with Crippen LogP contribution in [-0.2, 0) is 13.0 Å². The standard InChI is InChI=1S/C33H33N4OS/c1-4-34-26(22-24-14-10-11-17-27(24)34)23-31-36(6-3)33(38)29(37(31)25-15-8-7-9-16-25)20-21-32-35(5-2)28-18-12-13-19-30(28)39-32/h7-21,23H,4-6,22H2,1-3H3/q+1. The maximum absolute atomic E-state index is 14.0. The number of imidazole rings is 1. The van der Waals surface area contributed by atoms with Crippen molar-refractivity contribution in [2.75, 3.05) is 18.0 Å². The molecule has 0 aliphatic carbocycles. The molecule has 0 saturated carbocycles. The highest BCUT2D eigenvalue weighted by atomic mass is 32.2. The summed E-state index contributed by atoms with van der Waals surface area (Å²) in [6, 6.07) is 27.3. The minimum absolute atomic E-state index is 0.0205. The van der Waals surface area contributed by atoms with E-state index >= 15 is 0 Å². The van der Waals surface area contributed by atoms with Crippen LogP contribution in [0.4, 0.5) is 11.4 Å². The first-order valence-electron chi connectivity index (χ1n) is 13.7. The molecule has 3 aromatic carbocycles. The van der Waals surface area contributed by atoms with Crippen LogP contribution >= 0.6 is 11.8 Å². The normalized spacial score (nSPS) is 16.5. The van der Waals surface area contributed by atoms with E-state index < -0.39 is 0 Å². The fourth-order valence-corrected chi connectivity index (χ4v) is 6.83. The molecule has 4 aromatic rings. The van der Waals surface area contributed by atoms with Crippen molar-refractivity contribution >= 4 is 41.0 Å². The molecule has 2 aliphatic rings. The molecule has 1 aromatic heterocycles. The fourth-order valence-electron chi connectivity index (χ4n) is 5.70. The second-order valence-electron chi connectivity index (χ2n) is 9.63. The summed E-state index contributed by atoms with van der Waals surface area (Å²) in [4.78, 5) is 17.5. The van der Waals surface area contributed by atoms with Crippen LogP contribution in [0, 0.1) is 0 Å². The maximum atomic E-state index is 14.0. The van der Waals surface area contributed by atoms with E-state index in [1.807, 2.05) is 35.8 Å². The number of hydrogen-bond donors (Lipinski definition) is 0. The number of fused-ring (bicyclic) bond motifs is 2. The number of nitrogens with zero attached hydrogens (tertiary/aromatic N) is 4. The zero-order valence-electron chi connectivity index (χ0n) is 22.7. The third kappa shape index (κ3) is 4.39. The van der Waals surface area contributed by atoms with E-state index in [1.54, 1.807) is 11.8 Å². The van der Waals surface area contributed by atoms with Gasteiger partial charge in [0.1, 0.15) is 17.4 Å². The van der Waals surface area contributed by atoms with E-state index in [2.05, 4.69) is 101 Å². The van der Waals surface area contributed by atoms with E-state index in [4.69, 9.17) is 0 Å². The lowest BCUT2D eigenvalue weighted by atomic mass is 10.1. The number of hydrogen-bond acceptors (Lipinski definition) is 3. The van der Waals surface area contributed by atoms with Crippen molar-refractivity contribution < 1.29 is 4.58 Å². The molecule has 6 heteroatoms. The second kappa shape index (κ2) is 10.6.